The molecule has 1 unspecified atom stereocenters. The number of furan rings is 1. The van der Waals surface area contributed by atoms with Crippen LogP contribution in [-0.4, -0.2) is 63.7 Å². The van der Waals surface area contributed by atoms with Crippen molar-refractivity contribution in [3.05, 3.63) is 53.9 Å². The Morgan fingerprint density at radius 3 is 2.89 bits per heavy atom. The third-order valence-electron chi connectivity index (χ3n) is 5.77. The number of fused-ring (bicyclic) bond motifs is 2. The number of hydrogen-bond donors (Lipinski definition) is 3. The summed E-state index contributed by atoms with van der Waals surface area (Å²) in [6.07, 6.45) is 3.32. The fourth-order valence-corrected chi connectivity index (χ4v) is 5.39. The highest BCUT2D eigenvalue weighted by Gasteiger charge is 2.53. The van der Waals surface area contributed by atoms with Crippen LogP contribution in [0.2, 0.25) is 0 Å². The lowest BCUT2D eigenvalue weighted by Gasteiger charge is -2.50. The number of nitrogens with one attached hydrogen (secondary N) is 2. The molecule has 5 heterocycles. The predicted octanol–water partition coefficient (Wildman–Crippen LogP) is -1.55. The van der Waals surface area contributed by atoms with Crippen molar-refractivity contribution in [3.63, 3.8) is 0 Å². The van der Waals surface area contributed by atoms with Crippen LogP contribution in [0, 0.1) is 0 Å². The summed E-state index contributed by atoms with van der Waals surface area (Å²) in [5.41, 5.74) is 5.55. The molecular formula is C22H19N7O8S. The molecule has 4 N–H and O–H groups in total. The quantitative estimate of drug-likeness (QED) is 0.103. The molecule has 1 fully saturated rings. The highest BCUT2D eigenvalue weighted by molar-refractivity contribution is 8.00. The Kier molecular flexibility index (Phi) is 6.46. The van der Waals surface area contributed by atoms with Crippen LogP contribution in [0.25, 0.3) is 11.1 Å². The molecule has 0 saturated carbocycles. The van der Waals surface area contributed by atoms with Gasteiger partial charge in [0.2, 0.25) is 0 Å². The summed E-state index contributed by atoms with van der Waals surface area (Å²) in [5, 5.41) is 20.4. The number of pyridine rings is 1. The van der Waals surface area contributed by atoms with Crippen molar-refractivity contribution in [2.75, 3.05) is 18.5 Å². The monoisotopic (exact) mass is 541 g/mol. The molecule has 5 rings (SSSR count). The molecule has 16 heteroatoms. The van der Waals surface area contributed by atoms with Crippen LogP contribution in [0.4, 0.5) is 10.8 Å². The summed E-state index contributed by atoms with van der Waals surface area (Å²) in [7, 11) is 1.29. The van der Waals surface area contributed by atoms with Crippen molar-refractivity contribution in [2.24, 2.45) is 5.16 Å². The van der Waals surface area contributed by atoms with Crippen LogP contribution in [0.1, 0.15) is 5.69 Å². The lowest BCUT2D eigenvalue weighted by Crippen LogP contribution is -2.71. The number of aliphatic carboxylic acids is 1. The van der Waals surface area contributed by atoms with Gasteiger partial charge in [0.15, 0.2) is 18.5 Å². The van der Waals surface area contributed by atoms with Gasteiger partial charge in [-0.2, -0.15) is 9.55 Å². The lowest BCUT2D eigenvalue weighted by atomic mass is 10.0. The van der Waals surface area contributed by atoms with Gasteiger partial charge in [-0.1, -0.05) is 5.16 Å². The number of thioether (sulfide) groups is 1. The van der Waals surface area contributed by atoms with Gasteiger partial charge in [-0.25, -0.2) is 4.79 Å². The van der Waals surface area contributed by atoms with Crippen LogP contribution in [-0.2, 0) is 25.8 Å². The van der Waals surface area contributed by atoms with Crippen LogP contribution in [0.5, 0.6) is 0 Å². The van der Waals surface area contributed by atoms with Crippen molar-refractivity contribution >= 4 is 58.5 Å². The SMILES string of the molecule is CNC(=O)ON=C(C(=O)NC1C(=O)N2C(C(=O)[O-])=C(C[n+]3cccc4ccoc43)CS[C@@H]12)c1coc(N)n1. The summed E-state index contributed by atoms with van der Waals surface area (Å²) >= 11 is 1.26. The normalized spacial score (nSPS) is 19.1. The minimum Gasteiger partial charge on any atom is -0.543 e. The highest BCUT2D eigenvalue weighted by Crippen LogP contribution is 2.40. The van der Waals surface area contributed by atoms with E-state index in [1.807, 2.05) is 6.07 Å². The van der Waals surface area contributed by atoms with Gasteiger partial charge in [-0.3, -0.25) is 19.3 Å². The number of carboxylic acid groups (broad SMARTS) is 1. The van der Waals surface area contributed by atoms with Gasteiger partial charge in [-0.05, 0) is 12.1 Å². The zero-order valence-electron chi connectivity index (χ0n) is 19.6. The van der Waals surface area contributed by atoms with Gasteiger partial charge in [0, 0.05) is 24.4 Å². The molecule has 3 aromatic rings. The van der Waals surface area contributed by atoms with Crippen LogP contribution in [0.15, 0.2) is 62.2 Å². The molecule has 0 spiro atoms. The molecule has 2 aliphatic heterocycles. The van der Waals surface area contributed by atoms with Gasteiger partial charge < -0.3 is 35.1 Å². The second-order valence-electron chi connectivity index (χ2n) is 8.06. The van der Waals surface area contributed by atoms with E-state index in [9.17, 15) is 24.3 Å². The zero-order chi connectivity index (χ0) is 27.0. The highest BCUT2D eigenvalue weighted by atomic mass is 32.2. The number of carbonyl (C=O) groups excluding carboxylic acids is 4. The number of amides is 3. The Morgan fingerprint density at radius 2 is 2.18 bits per heavy atom. The predicted molar refractivity (Wildman–Crippen MR) is 126 cm³/mol. The van der Waals surface area contributed by atoms with Gasteiger partial charge in [0.1, 0.15) is 23.4 Å². The van der Waals surface area contributed by atoms with Crippen LogP contribution >= 0.6 is 11.8 Å². The van der Waals surface area contributed by atoms with E-state index in [1.54, 1.807) is 22.9 Å². The van der Waals surface area contributed by atoms with Crippen LogP contribution < -0.4 is 26.0 Å². The van der Waals surface area contributed by atoms with Crippen molar-refractivity contribution in [1.29, 1.82) is 0 Å². The summed E-state index contributed by atoms with van der Waals surface area (Å²) in [6, 6.07) is 4.06. The van der Waals surface area contributed by atoms with E-state index < -0.39 is 41.0 Å². The van der Waals surface area contributed by atoms with E-state index in [2.05, 4.69) is 25.6 Å². The molecule has 0 aromatic carbocycles. The Bertz CT molecular complexity index is 1530. The van der Waals surface area contributed by atoms with E-state index in [1.165, 1.54) is 25.1 Å². The number of aromatic nitrogens is 2. The minimum atomic E-state index is -1.52. The lowest BCUT2D eigenvalue weighted by molar-refractivity contribution is -0.669. The Labute approximate surface area is 217 Å². The number of oxime groups is 1. The maximum absolute atomic E-state index is 13.0. The molecule has 0 bridgehead atoms. The first-order valence-electron chi connectivity index (χ1n) is 11.0. The van der Waals surface area contributed by atoms with Crippen molar-refractivity contribution in [2.45, 2.75) is 18.0 Å². The molecule has 3 aromatic heterocycles. The Hall–Kier alpha value is -4.86. The number of rotatable bonds is 7. The molecule has 2 aliphatic rings. The van der Waals surface area contributed by atoms with E-state index in [-0.39, 0.29) is 29.7 Å². The smallest absolute Gasteiger partial charge is 0.433 e. The zero-order valence-corrected chi connectivity index (χ0v) is 20.4. The van der Waals surface area contributed by atoms with Gasteiger partial charge in [0.25, 0.3) is 17.8 Å². The molecule has 196 valence electrons. The standard InChI is InChI=1S/C22H19N7O8S/c1-24-22(34)37-27-13(12-8-36-21(23)25-12)16(30)26-14-17(31)29-15(20(32)33)11(9-38-19(14)29)7-28-5-2-3-10-4-6-35-18(10)28/h2-6,8,14,19H,7,9H2,1H3,(H4-,23,24,25,26,30,32,33,34)/t14?,19-/m0/s1. The third kappa shape index (κ3) is 4.40. The first kappa shape index (κ1) is 24.8. The average molecular weight is 542 g/mol. The molecule has 0 aliphatic carbocycles. The Morgan fingerprint density at radius 1 is 1.37 bits per heavy atom. The molecule has 3 amide bonds. The fourth-order valence-electron chi connectivity index (χ4n) is 4.06. The van der Waals surface area contributed by atoms with Crippen LogP contribution in [0.3, 0.4) is 0 Å². The summed E-state index contributed by atoms with van der Waals surface area (Å²) in [5.74, 6) is -2.87. The number of nitrogens with zero attached hydrogens (tertiary/aromatic N) is 4. The maximum atomic E-state index is 13.0. The number of β-lactam (4-membered cyclic amide) rings is 1. The van der Waals surface area contributed by atoms with Crippen molar-refractivity contribution < 1.29 is 42.5 Å². The van der Waals surface area contributed by atoms with E-state index in [0.717, 1.165) is 16.5 Å². The maximum Gasteiger partial charge on any atom is 0.433 e. The second kappa shape index (κ2) is 9.89. The number of hydrogen-bond acceptors (Lipinski definition) is 12. The number of carbonyl (C=O) groups is 4. The largest absolute Gasteiger partial charge is 0.543 e. The first-order chi connectivity index (χ1) is 18.3. The second-order valence-corrected chi connectivity index (χ2v) is 9.16. The van der Waals surface area contributed by atoms with E-state index in [0.29, 0.717) is 11.3 Å². The minimum absolute atomic E-state index is 0.148. The number of nitrogen functional groups attached to an aromatic ring is 1. The van der Waals surface area contributed by atoms with Crippen molar-refractivity contribution in [1.82, 2.24) is 20.5 Å². The Balaban J connectivity index is 1.37. The van der Waals surface area contributed by atoms with Crippen molar-refractivity contribution in [3.8, 4) is 0 Å². The summed E-state index contributed by atoms with van der Waals surface area (Å²) < 4.78 is 12.1. The molecule has 2 atom stereocenters. The average Bonchev–Trinajstić information content (AvgIpc) is 3.56. The third-order valence-corrected chi connectivity index (χ3v) is 7.11. The number of nitrogens with two attached hydrogens (primary N) is 1. The molecule has 1 saturated heterocycles. The number of oxazole rings is 1. The summed E-state index contributed by atoms with van der Waals surface area (Å²) in [4.78, 5) is 59.1. The van der Waals surface area contributed by atoms with Gasteiger partial charge >= 0.3 is 11.8 Å². The first-order valence-corrected chi connectivity index (χ1v) is 12.1. The van der Waals surface area contributed by atoms with E-state index in [4.69, 9.17) is 14.6 Å². The fraction of sp³-hybridized carbons (Fsp3) is 0.227. The van der Waals surface area contributed by atoms with Gasteiger partial charge in [0.05, 0.1) is 23.3 Å². The number of carboxylic acids is 1. The molecular weight excluding hydrogens is 522 g/mol. The topological polar surface area (TPSA) is 209 Å². The molecule has 38 heavy (non-hydrogen) atoms. The van der Waals surface area contributed by atoms with E-state index >= 15 is 0 Å². The molecule has 15 nitrogen and oxygen atoms in total. The summed E-state index contributed by atoms with van der Waals surface area (Å²) in [6.45, 7) is 0.149. The number of anilines is 1. The molecule has 0 radical (unpaired) electrons. The van der Waals surface area contributed by atoms with Gasteiger partial charge in [-0.15, -0.1) is 11.8 Å².